The second-order valence-electron chi connectivity index (χ2n) is 4.40. The van der Waals surface area contributed by atoms with Crippen LogP contribution >= 0.6 is 0 Å². The van der Waals surface area contributed by atoms with Crippen molar-refractivity contribution >= 4 is 17.0 Å². The predicted molar refractivity (Wildman–Crippen MR) is 71.3 cm³/mol. The second-order valence-corrected chi connectivity index (χ2v) is 4.40. The number of nitrogens with two attached hydrogens (primary N) is 1. The van der Waals surface area contributed by atoms with Gasteiger partial charge in [-0.25, -0.2) is 4.98 Å². The van der Waals surface area contributed by atoms with Gasteiger partial charge in [-0.15, -0.1) is 0 Å². The largest absolute Gasteiger partial charge is 0.378 e. The first-order chi connectivity index (χ1) is 8.68. The molecule has 0 bridgehead atoms. The summed E-state index contributed by atoms with van der Waals surface area (Å²) in [5.41, 5.74) is 7.70. The average molecular weight is 249 g/mol. The lowest BCUT2D eigenvalue weighted by atomic mass is 10.4. The van der Waals surface area contributed by atoms with Crippen LogP contribution in [0, 0.1) is 0 Å². The monoisotopic (exact) mass is 249 g/mol. The summed E-state index contributed by atoms with van der Waals surface area (Å²) in [6, 6.07) is 1.92. The third-order valence-corrected chi connectivity index (χ3v) is 2.72. The molecule has 0 aliphatic carbocycles. The van der Waals surface area contributed by atoms with Crippen molar-refractivity contribution in [2.45, 2.75) is 6.54 Å². The fraction of sp³-hybridized carbons (Fsp3) is 0.500. The number of pyridine rings is 1. The van der Waals surface area contributed by atoms with Crippen LogP contribution in [0.3, 0.4) is 0 Å². The molecule has 0 spiro atoms. The number of fused-ring (bicyclic) bond motifs is 1. The normalized spacial score (nSPS) is 11.5. The highest BCUT2D eigenvalue weighted by Gasteiger charge is 2.07. The Bertz CT molecular complexity index is 508. The van der Waals surface area contributed by atoms with Gasteiger partial charge >= 0.3 is 0 Å². The molecule has 0 radical (unpaired) electrons. The molecular formula is C12H19N5O. The Morgan fingerprint density at radius 3 is 3.00 bits per heavy atom. The zero-order valence-corrected chi connectivity index (χ0v) is 10.8. The van der Waals surface area contributed by atoms with Gasteiger partial charge in [0.1, 0.15) is 5.52 Å². The maximum atomic E-state index is 5.88. The first-order valence-electron chi connectivity index (χ1n) is 5.96. The minimum Gasteiger partial charge on any atom is -0.378 e. The van der Waals surface area contributed by atoms with Crippen LogP contribution in [0.25, 0.3) is 11.0 Å². The van der Waals surface area contributed by atoms with Crippen LogP contribution in [0.2, 0.25) is 0 Å². The Labute approximate surface area is 106 Å². The van der Waals surface area contributed by atoms with E-state index in [1.165, 1.54) is 0 Å². The molecule has 0 aliphatic heterocycles. The lowest BCUT2D eigenvalue weighted by Gasteiger charge is -2.10. The first-order valence-corrected chi connectivity index (χ1v) is 5.96. The summed E-state index contributed by atoms with van der Waals surface area (Å²) in [6.07, 6.45) is 3.46. The van der Waals surface area contributed by atoms with Crippen molar-refractivity contribution in [2.75, 3.05) is 39.6 Å². The highest BCUT2D eigenvalue weighted by molar-refractivity contribution is 5.76. The molecule has 0 atom stereocenters. The Morgan fingerprint density at radius 1 is 1.39 bits per heavy atom. The molecule has 0 amide bonds. The number of imidazole rings is 1. The van der Waals surface area contributed by atoms with E-state index in [0.717, 1.165) is 24.2 Å². The maximum absolute atomic E-state index is 5.88. The quantitative estimate of drug-likeness (QED) is 0.759. The number of hydrogen-bond acceptors (Lipinski definition) is 5. The number of nitrogen functional groups attached to an aromatic ring is 1. The molecule has 2 heterocycles. The van der Waals surface area contributed by atoms with E-state index in [2.05, 4.69) is 14.9 Å². The standard InChI is InChI=1S/C12H19N5O/c1-16(2)5-7-18-8-6-17-11-3-4-14-9-10(11)15-12(17)13/h3-4,9H,5-8H2,1-2H3,(H2,13,15). The number of nitrogens with zero attached hydrogens (tertiary/aromatic N) is 4. The molecule has 2 aromatic rings. The molecule has 0 saturated heterocycles. The van der Waals surface area contributed by atoms with Gasteiger partial charge in [0.15, 0.2) is 0 Å². The molecule has 6 nitrogen and oxygen atoms in total. The first kappa shape index (κ1) is 12.8. The van der Waals surface area contributed by atoms with E-state index < -0.39 is 0 Å². The molecule has 18 heavy (non-hydrogen) atoms. The molecule has 98 valence electrons. The van der Waals surface area contributed by atoms with E-state index in [9.17, 15) is 0 Å². The zero-order valence-electron chi connectivity index (χ0n) is 10.8. The van der Waals surface area contributed by atoms with Gasteiger partial charge in [-0.3, -0.25) is 4.98 Å². The van der Waals surface area contributed by atoms with Crippen LogP contribution < -0.4 is 5.73 Å². The van der Waals surface area contributed by atoms with Crippen LogP contribution in [0.5, 0.6) is 0 Å². The SMILES string of the molecule is CN(C)CCOCCn1c(N)nc2cnccc21. The summed E-state index contributed by atoms with van der Waals surface area (Å²) >= 11 is 0. The molecular weight excluding hydrogens is 230 g/mol. The van der Waals surface area contributed by atoms with E-state index in [0.29, 0.717) is 19.1 Å². The Hall–Kier alpha value is -1.66. The topological polar surface area (TPSA) is 69.2 Å². The van der Waals surface area contributed by atoms with Gasteiger partial charge in [0.05, 0.1) is 24.9 Å². The van der Waals surface area contributed by atoms with Crippen molar-refractivity contribution in [1.29, 1.82) is 0 Å². The minimum atomic E-state index is 0.509. The van der Waals surface area contributed by atoms with Gasteiger partial charge < -0.3 is 19.9 Å². The van der Waals surface area contributed by atoms with Crippen LogP contribution in [-0.4, -0.2) is 53.3 Å². The zero-order chi connectivity index (χ0) is 13.0. The highest BCUT2D eigenvalue weighted by Crippen LogP contribution is 2.15. The molecule has 6 heteroatoms. The molecule has 0 aliphatic rings. The summed E-state index contributed by atoms with van der Waals surface area (Å²) in [6.45, 7) is 2.98. The number of hydrogen-bond donors (Lipinski definition) is 1. The van der Waals surface area contributed by atoms with E-state index in [1.54, 1.807) is 12.4 Å². The summed E-state index contributed by atoms with van der Waals surface area (Å²) in [5, 5.41) is 0. The van der Waals surface area contributed by atoms with E-state index in [-0.39, 0.29) is 0 Å². The van der Waals surface area contributed by atoms with Crippen molar-refractivity contribution in [3.63, 3.8) is 0 Å². The highest BCUT2D eigenvalue weighted by atomic mass is 16.5. The number of rotatable bonds is 6. The number of aromatic nitrogens is 3. The number of likely N-dealkylation sites (N-methyl/N-ethyl adjacent to an activating group) is 1. The molecule has 0 unspecified atom stereocenters. The Morgan fingerprint density at radius 2 is 2.22 bits per heavy atom. The van der Waals surface area contributed by atoms with Crippen LogP contribution in [0.15, 0.2) is 18.5 Å². The Kier molecular flexibility index (Phi) is 4.11. The Balaban J connectivity index is 1.93. The molecule has 0 saturated carbocycles. The molecule has 0 fully saturated rings. The van der Waals surface area contributed by atoms with Crippen molar-refractivity contribution in [1.82, 2.24) is 19.4 Å². The number of anilines is 1. The fourth-order valence-corrected chi connectivity index (χ4v) is 1.74. The van der Waals surface area contributed by atoms with Gasteiger partial charge in [-0.05, 0) is 20.2 Å². The smallest absolute Gasteiger partial charge is 0.201 e. The maximum Gasteiger partial charge on any atom is 0.201 e. The fourth-order valence-electron chi connectivity index (χ4n) is 1.74. The lowest BCUT2D eigenvalue weighted by Crippen LogP contribution is -2.19. The van der Waals surface area contributed by atoms with Gasteiger partial charge in [-0.2, -0.15) is 0 Å². The van der Waals surface area contributed by atoms with E-state index in [4.69, 9.17) is 10.5 Å². The van der Waals surface area contributed by atoms with Crippen LogP contribution in [0.4, 0.5) is 5.95 Å². The third kappa shape index (κ3) is 2.96. The van der Waals surface area contributed by atoms with Crippen molar-refractivity contribution < 1.29 is 4.74 Å². The average Bonchev–Trinajstić information content (AvgIpc) is 2.65. The van der Waals surface area contributed by atoms with Gasteiger partial charge in [0.25, 0.3) is 0 Å². The summed E-state index contributed by atoms with van der Waals surface area (Å²) in [5.74, 6) is 0.509. The van der Waals surface area contributed by atoms with E-state index in [1.807, 2.05) is 24.7 Å². The van der Waals surface area contributed by atoms with E-state index >= 15 is 0 Å². The van der Waals surface area contributed by atoms with Crippen LogP contribution in [-0.2, 0) is 11.3 Å². The second kappa shape index (κ2) is 5.79. The summed E-state index contributed by atoms with van der Waals surface area (Å²) in [4.78, 5) is 10.4. The lowest BCUT2D eigenvalue weighted by molar-refractivity contribution is 0.112. The third-order valence-electron chi connectivity index (χ3n) is 2.72. The molecule has 0 aromatic carbocycles. The predicted octanol–water partition coefficient (Wildman–Crippen LogP) is 0.592. The van der Waals surface area contributed by atoms with Crippen molar-refractivity contribution in [3.8, 4) is 0 Å². The summed E-state index contributed by atoms with van der Waals surface area (Å²) in [7, 11) is 4.05. The molecule has 2 aromatic heterocycles. The van der Waals surface area contributed by atoms with Gasteiger partial charge in [0, 0.05) is 19.3 Å². The molecule has 2 N–H and O–H groups in total. The number of ether oxygens (including phenoxy) is 1. The molecule has 2 rings (SSSR count). The summed E-state index contributed by atoms with van der Waals surface area (Å²) < 4.78 is 7.51. The van der Waals surface area contributed by atoms with Gasteiger partial charge in [-0.1, -0.05) is 0 Å². The minimum absolute atomic E-state index is 0.509. The van der Waals surface area contributed by atoms with Gasteiger partial charge in [0.2, 0.25) is 5.95 Å². The van der Waals surface area contributed by atoms with Crippen molar-refractivity contribution in [2.24, 2.45) is 0 Å². The van der Waals surface area contributed by atoms with Crippen LogP contribution in [0.1, 0.15) is 0 Å². The van der Waals surface area contributed by atoms with Crippen molar-refractivity contribution in [3.05, 3.63) is 18.5 Å².